The van der Waals surface area contributed by atoms with Gasteiger partial charge in [0.15, 0.2) is 0 Å². The lowest BCUT2D eigenvalue weighted by Crippen LogP contribution is -2.29. The zero-order chi connectivity index (χ0) is 22.7. The van der Waals surface area contributed by atoms with Gasteiger partial charge in [-0.1, -0.05) is 46.3 Å². The molecule has 1 N–H and O–H groups in total. The number of halogens is 1. The van der Waals surface area contributed by atoms with Gasteiger partial charge in [-0.2, -0.15) is 0 Å². The largest absolute Gasteiger partial charge is 0.507 e. The summed E-state index contributed by atoms with van der Waals surface area (Å²) >= 11 is 3.46. The fourth-order valence-corrected chi connectivity index (χ4v) is 4.23. The molecule has 6 nitrogen and oxygen atoms in total. The molecule has 1 aromatic heterocycles. The van der Waals surface area contributed by atoms with Crippen molar-refractivity contribution in [3.8, 4) is 5.75 Å². The van der Waals surface area contributed by atoms with Crippen molar-refractivity contribution < 1.29 is 19.4 Å². The number of benzene rings is 2. The number of Topliss-reactive ketones (excluding diaryl/α,β-unsaturated/α-hetero) is 1. The molecule has 0 aliphatic carbocycles. The molecule has 0 spiro atoms. The van der Waals surface area contributed by atoms with Gasteiger partial charge < -0.3 is 14.7 Å². The molecule has 1 saturated heterocycles. The van der Waals surface area contributed by atoms with E-state index in [-0.39, 0.29) is 17.9 Å². The van der Waals surface area contributed by atoms with Crippen molar-refractivity contribution in [2.24, 2.45) is 0 Å². The van der Waals surface area contributed by atoms with Crippen LogP contribution in [0.2, 0.25) is 0 Å². The first-order chi connectivity index (χ1) is 15.5. The third kappa shape index (κ3) is 4.29. The maximum absolute atomic E-state index is 13.1. The van der Waals surface area contributed by atoms with Crippen LogP contribution in [0.4, 0.5) is 0 Å². The van der Waals surface area contributed by atoms with Crippen LogP contribution in [0.15, 0.2) is 83.1 Å². The number of aliphatic hydroxyl groups is 1. The average Bonchev–Trinajstić information content (AvgIpc) is 3.05. The summed E-state index contributed by atoms with van der Waals surface area (Å²) in [5.41, 5.74) is 1.96. The molecule has 1 aliphatic heterocycles. The molecule has 1 atom stereocenters. The Morgan fingerprint density at radius 3 is 2.66 bits per heavy atom. The average molecular weight is 493 g/mol. The summed E-state index contributed by atoms with van der Waals surface area (Å²) in [5, 5.41) is 11.2. The molecular formula is C25H21BrN2O4. The van der Waals surface area contributed by atoms with E-state index in [1.54, 1.807) is 42.7 Å². The number of hydrogen-bond donors (Lipinski definition) is 1. The quantitative estimate of drug-likeness (QED) is 0.301. The van der Waals surface area contributed by atoms with E-state index < -0.39 is 17.7 Å². The van der Waals surface area contributed by atoms with Crippen molar-refractivity contribution in [2.45, 2.75) is 19.5 Å². The molecule has 0 bridgehead atoms. The van der Waals surface area contributed by atoms with Crippen LogP contribution in [0.3, 0.4) is 0 Å². The molecule has 2 heterocycles. The Labute approximate surface area is 194 Å². The highest BCUT2D eigenvalue weighted by Crippen LogP contribution is 2.41. The normalized spacial score (nSPS) is 17.6. The van der Waals surface area contributed by atoms with Crippen molar-refractivity contribution in [2.75, 3.05) is 6.61 Å². The summed E-state index contributed by atoms with van der Waals surface area (Å²) in [5.74, 6) is -1.05. The fourth-order valence-electron chi connectivity index (χ4n) is 3.81. The number of aromatic nitrogens is 1. The van der Waals surface area contributed by atoms with Crippen LogP contribution in [0.1, 0.15) is 29.7 Å². The lowest BCUT2D eigenvalue weighted by molar-refractivity contribution is -0.140. The second-order valence-electron chi connectivity index (χ2n) is 7.30. The number of pyridine rings is 1. The van der Waals surface area contributed by atoms with E-state index in [4.69, 9.17) is 4.74 Å². The van der Waals surface area contributed by atoms with Gasteiger partial charge >= 0.3 is 0 Å². The highest BCUT2D eigenvalue weighted by molar-refractivity contribution is 9.10. The van der Waals surface area contributed by atoms with E-state index in [0.717, 1.165) is 10.0 Å². The number of rotatable bonds is 6. The summed E-state index contributed by atoms with van der Waals surface area (Å²) in [7, 11) is 0. The molecule has 0 saturated carbocycles. The molecule has 4 rings (SSSR count). The van der Waals surface area contributed by atoms with Gasteiger partial charge in [0.2, 0.25) is 0 Å². The highest BCUT2D eigenvalue weighted by Gasteiger charge is 2.46. The molecule has 2 aromatic carbocycles. The number of ketones is 1. The first-order valence-corrected chi connectivity index (χ1v) is 10.9. The Balaban J connectivity index is 1.85. The fraction of sp³-hybridized carbons (Fsp3) is 0.160. The lowest BCUT2D eigenvalue weighted by atomic mass is 9.95. The third-order valence-corrected chi connectivity index (χ3v) is 5.69. The van der Waals surface area contributed by atoms with Crippen LogP contribution in [0, 0.1) is 0 Å². The molecule has 3 aromatic rings. The third-order valence-electron chi connectivity index (χ3n) is 5.20. The van der Waals surface area contributed by atoms with E-state index in [9.17, 15) is 14.7 Å². The molecule has 1 fully saturated rings. The lowest BCUT2D eigenvalue weighted by Gasteiger charge is -2.25. The second-order valence-corrected chi connectivity index (χ2v) is 8.22. The van der Waals surface area contributed by atoms with Crippen LogP contribution in [0.25, 0.3) is 5.76 Å². The highest BCUT2D eigenvalue weighted by atomic mass is 79.9. The number of amides is 1. The summed E-state index contributed by atoms with van der Waals surface area (Å²) in [6.45, 7) is 2.52. The van der Waals surface area contributed by atoms with Crippen molar-refractivity contribution >= 4 is 33.4 Å². The van der Waals surface area contributed by atoms with Crippen molar-refractivity contribution in [1.29, 1.82) is 0 Å². The SMILES string of the molecule is CCOc1cccc(/C(O)=C2\C(=O)C(=O)N(Cc3cccnc3)C2c2cccc(Br)c2)c1. The number of ether oxygens (including phenoxy) is 1. The van der Waals surface area contributed by atoms with Gasteiger partial charge in [0, 0.05) is 29.0 Å². The van der Waals surface area contributed by atoms with E-state index >= 15 is 0 Å². The first kappa shape index (κ1) is 21.8. The van der Waals surface area contributed by atoms with Gasteiger partial charge in [0.1, 0.15) is 11.5 Å². The van der Waals surface area contributed by atoms with Gasteiger partial charge in [-0.05, 0) is 48.4 Å². The maximum atomic E-state index is 13.1. The van der Waals surface area contributed by atoms with Gasteiger partial charge in [-0.15, -0.1) is 0 Å². The summed E-state index contributed by atoms with van der Waals surface area (Å²) in [6.07, 6.45) is 3.30. The standard InChI is InChI=1S/C25H21BrN2O4/c1-2-32-20-10-4-8-18(13-20)23(29)21-22(17-7-3-9-19(26)12-17)28(25(31)24(21)30)15-16-6-5-11-27-14-16/h3-14,22,29H,2,15H2,1H3/b23-21+. The predicted octanol–water partition coefficient (Wildman–Crippen LogP) is 4.86. The molecule has 162 valence electrons. The summed E-state index contributed by atoms with van der Waals surface area (Å²) < 4.78 is 6.33. The molecule has 32 heavy (non-hydrogen) atoms. The number of nitrogens with zero attached hydrogens (tertiary/aromatic N) is 2. The molecule has 1 unspecified atom stereocenters. The number of carbonyl (C=O) groups is 2. The first-order valence-electron chi connectivity index (χ1n) is 10.2. The van der Waals surface area contributed by atoms with Gasteiger partial charge in [-0.3, -0.25) is 14.6 Å². The number of likely N-dealkylation sites (tertiary alicyclic amines) is 1. The molecule has 1 aliphatic rings. The zero-order valence-electron chi connectivity index (χ0n) is 17.4. The number of carbonyl (C=O) groups excluding carboxylic acids is 2. The predicted molar refractivity (Wildman–Crippen MR) is 124 cm³/mol. The zero-order valence-corrected chi connectivity index (χ0v) is 19.0. The van der Waals surface area contributed by atoms with Crippen molar-refractivity contribution in [3.63, 3.8) is 0 Å². The number of aliphatic hydroxyl groups excluding tert-OH is 1. The Hall–Kier alpha value is -3.45. The van der Waals surface area contributed by atoms with Crippen LogP contribution < -0.4 is 4.74 Å². The van der Waals surface area contributed by atoms with Crippen LogP contribution in [-0.4, -0.2) is 33.3 Å². The topological polar surface area (TPSA) is 79.7 Å². The summed E-state index contributed by atoms with van der Waals surface area (Å²) in [6, 6.07) is 17.1. The minimum Gasteiger partial charge on any atom is -0.507 e. The minimum atomic E-state index is -0.747. The molecule has 7 heteroatoms. The van der Waals surface area contributed by atoms with E-state index in [2.05, 4.69) is 20.9 Å². The van der Waals surface area contributed by atoms with Gasteiger partial charge in [-0.25, -0.2) is 0 Å². The second kappa shape index (κ2) is 9.36. The summed E-state index contributed by atoms with van der Waals surface area (Å²) in [4.78, 5) is 31.8. The van der Waals surface area contributed by atoms with E-state index in [1.807, 2.05) is 37.3 Å². The Kier molecular flexibility index (Phi) is 6.37. The van der Waals surface area contributed by atoms with Crippen molar-refractivity contribution in [1.82, 2.24) is 9.88 Å². The minimum absolute atomic E-state index is 0.0469. The number of hydrogen-bond acceptors (Lipinski definition) is 5. The van der Waals surface area contributed by atoms with Crippen LogP contribution in [-0.2, 0) is 16.1 Å². The Morgan fingerprint density at radius 1 is 1.12 bits per heavy atom. The van der Waals surface area contributed by atoms with Crippen LogP contribution >= 0.6 is 15.9 Å². The Bertz CT molecular complexity index is 1190. The van der Waals surface area contributed by atoms with Gasteiger partial charge in [0.25, 0.3) is 11.7 Å². The Morgan fingerprint density at radius 2 is 1.94 bits per heavy atom. The van der Waals surface area contributed by atoms with Gasteiger partial charge in [0.05, 0.1) is 18.2 Å². The smallest absolute Gasteiger partial charge is 0.295 e. The maximum Gasteiger partial charge on any atom is 0.295 e. The van der Waals surface area contributed by atoms with E-state index in [1.165, 1.54) is 4.90 Å². The molecular weight excluding hydrogens is 472 g/mol. The molecule has 0 radical (unpaired) electrons. The molecule has 1 amide bonds. The van der Waals surface area contributed by atoms with E-state index in [0.29, 0.717) is 23.5 Å². The monoisotopic (exact) mass is 492 g/mol. The van der Waals surface area contributed by atoms with Crippen molar-refractivity contribution in [3.05, 3.63) is 99.8 Å². The van der Waals surface area contributed by atoms with Crippen LogP contribution in [0.5, 0.6) is 5.75 Å².